The number of hydrogen-bond acceptors (Lipinski definition) is 2. The summed E-state index contributed by atoms with van der Waals surface area (Å²) in [5, 5.41) is 13.2. The second kappa shape index (κ2) is 3.78. The van der Waals surface area contributed by atoms with E-state index in [2.05, 4.69) is 11.4 Å². The average molecular weight is 227 g/mol. The molecule has 1 saturated heterocycles. The Morgan fingerprint density at radius 3 is 2.64 bits per heavy atom. The van der Waals surface area contributed by atoms with Gasteiger partial charge in [0.05, 0.1) is 11.6 Å². The lowest BCUT2D eigenvalue weighted by atomic mass is 9.94. The highest BCUT2D eigenvalue weighted by atomic mass is 35.5. The first-order chi connectivity index (χ1) is 6.72. The normalized spacial score (nSPS) is 19.9. The van der Waals surface area contributed by atoms with Crippen molar-refractivity contribution >= 4 is 23.2 Å². The molecule has 0 aliphatic carbocycles. The quantitative estimate of drug-likeness (QED) is 0.800. The summed E-state index contributed by atoms with van der Waals surface area (Å²) in [6, 6.07) is 5.67. The van der Waals surface area contributed by atoms with Crippen LogP contribution in [0.15, 0.2) is 12.1 Å². The van der Waals surface area contributed by atoms with Crippen LogP contribution in [-0.2, 0) is 0 Å². The van der Waals surface area contributed by atoms with Gasteiger partial charge in [-0.05, 0) is 25.1 Å². The zero-order chi connectivity index (χ0) is 10.1. The van der Waals surface area contributed by atoms with Crippen LogP contribution >= 0.6 is 23.2 Å². The van der Waals surface area contributed by atoms with E-state index in [0.717, 1.165) is 18.5 Å². The Bertz CT molecular complexity index is 405. The molecule has 2 nitrogen and oxygen atoms in total. The molecule has 0 aromatic heterocycles. The molecular weight excluding hydrogens is 219 g/mol. The first kappa shape index (κ1) is 9.79. The third kappa shape index (κ3) is 1.59. The van der Waals surface area contributed by atoms with Crippen molar-refractivity contribution in [2.24, 2.45) is 0 Å². The Morgan fingerprint density at radius 2 is 2.14 bits per heavy atom. The van der Waals surface area contributed by atoms with E-state index in [1.807, 2.05) is 0 Å². The van der Waals surface area contributed by atoms with E-state index in [-0.39, 0.29) is 6.04 Å². The summed E-state index contributed by atoms with van der Waals surface area (Å²) in [5.74, 6) is 0. The summed E-state index contributed by atoms with van der Waals surface area (Å²) < 4.78 is 0. The molecule has 4 heteroatoms. The van der Waals surface area contributed by atoms with E-state index < -0.39 is 0 Å². The zero-order valence-electron chi connectivity index (χ0n) is 7.35. The average Bonchev–Trinajstić information content (AvgIpc) is 2.05. The lowest BCUT2D eigenvalue weighted by Crippen LogP contribution is -2.35. The van der Waals surface area contributed by atoms with Gasteiger partial charge in [0.15, 0.2) is 0 Å². The van der Waals surface area contributed by atoms with Crippen LogP contribution in [0.25, 0.3) is 0 Å². The van der Waals surface area contributed by atoms with Crippen molar-refractivity contribution < 1.29 is 0 Å². The van der Waals surface area contributed by atoms with E-state index in [1.165, 1.54) is 0 Å². The molecule has 2 rings (SSSR count). The minimum absolute atomic E-state index is 0.217. The monoisotopic (exact) mass is 226 g/mol. The lowest BCUT2D eigenvalue weighted by molar-refractivity contribution is 0.383. The van der Waals surface area contributed by atoms with Crippen molar-refractivity contribution in [3.8, 4) is 6.07 Å². The molecule has 1 aromatic rings. The van der Waals surface area contributed by atoms with Gasteiger partial charge in [-0.1, -0.05) is 23.2 Å². The van der Waals surface area contributed by atoms with Crippen molar-refractivity contribution in [2.75, 3.05) is 6.54 Å². The molecule has 0 amide bonds. The number of nitriles is 1. The number of hydrogen-bond donors (Lipinski definition) is 1. The second-order valence-electron chi connectivity index (χ2n) is 3.26. The number of halogens is 2. The highest BCUT2D eigenvalue weighted by Gasteiger charge is 2.24. The maximum Gasteiger partial charge on any atom is 0.0996 e. The highest BCUT2D eigenvalue weighted by molar-refractivity contribution is 6.35. The van der Waals surface area contributed by atoms with Crippen LogP contribution in [0.1, 0.15) is 23.6 Å². The van der Waals surface area contributed by atoms with E-state index in [9.17, 15) is 0 Å². The van der Waals surface area contributed by atoms with E-state index in [1.54, 1.807) is 12.1 Å². The molecule has 1 aliphatic rings. The summed E-state index contributed by atoms with van der Waals surface area (Å²) in [5.41, 5.74) is 1.45. The predicted molar refractivity (Wildman–Crippen MR) is 56.5 cm³/mol. The van der Waals surface area contributed by atoms with E-state index in [4.69, 9.17) is 28.5 Å². The first-order valence-electron chi connectivity index (χ1n) is 4.35. The second-order valence-corrected chi connectivity index (χ2v) is 4.10. The van der Waals surface area contributed by atoms with Crippen LogP contribution in [0.5, 0.6) is 0 Å². The molecule has 0 unspecified atom stereocenters. The van der Waals surface area contributed by atoms with Crippen LogP contribution in [0.2, 0.25) is 10.0 Å². The third-order valence-electron chi connectivity index (χ3n) is 2.39. The maximum atomic E-state index is 8.94. The fraction of sp³-hybridized carbons (Fsp3) is 0.300. The SMILES string of the molecule is N#Cc1cc(Cl)cc(Cl)c1[C@@H]1CCN1. The Balaban J connectivity index is 2.51. The fourth-order valence-corrected chi connectivity index (χ4v) is 2.19. The van der Waals surface area contributed by atoms with Crippen LogP contribution in [0, 0.1) is 11.3 Å². The molecule has 0 spiro atoms. The van der Waals surface area contributed by atoms with Crippen molar-refractivity contribution in [1.82, 2.24) is 5.32 Å². The largest absolute Gasteiger partial charge is 0.310 e. The van der Waals surface area contributed by atoms with Gasteiger partial charge >= 0.3 is 0 Å². The van der Waals surface area contributed by atoms with Crippen molar-refractivity contribution in [1.29, 1.82) is 5.26 Å². The standard InChI is InChI=1S/C10H8Cl2N2/c11-7-3-6(5-13)10(8(12)4-7)9-1-2-14-9/h3-4,9,14H,1-2H2/t9-/m0/s1. The van der Waals surface area contributed by atoms with Gasteiger partial charge in [0.1, 0.15) is 0 Å². The molecule has 0 radical (unpaired) electrons. The molecule has 1 atom stereocenters. The van der Waals surface area contributed by atoms with Crippen molar-refractivity contribution in [3.63, 3.8) is 0 Å². The van der Waals surface area contributed by atoms with Crippen molar-refractivity contribution in [2.45, 2.75) is 12.5 Å². The number of nitrogens with one attached hydrogen (secondary N) is 1. The van der Waals surface area contributed by atoms with Gasteiger partial charge in [-0.3, -0.25) is 0 Å². The predicted octanol–water partition coefficient (Wildman–Crippen LogP) is 2.90. The van der Waals surface area contributed by atoms with Crippen LogP contribution in [0.3, 0.4) is 0 Å². The molecule has 0 bridgehead atoms. The number of nitrogens with zero attached hydrogens (tertiary/aromatic N) is 1. The summed E-state index contributed by atoms with van der Waals surface area (Å²) >= 11 is 11.9. The smallest absolute Gasteiger partial charge is 0.0996 e. The molecule has 1 N–H and O–H groups in total. The van der Waals surface area contributed by atoms with Gasteiger partial charge in [0, 0.05) is 21.7 Å². The Labute approximate surface area is 92.4 Å². The maximum absolute atomic E-state index is 8.94. The Kier molecular flexibility index (Phi) is 2.64. The molecule has 1 fully saturated rings. The van der Waals surface area contributed by atoms with Gasteiger partial charge < -0.3 is 5.32 Å². The van der Waals surface area contributed by atoms with E-state index >= 15 is 0 Å². The summed E-state index contributed by atoms with van der Waals surface area (Å²) in [6.45, 7) is 0.981. The number of benzene rings is 1. The van der Waals surface area contributed by atoms with Gasteiger partial charge in [0.2, 0.25) is 0 Å². The first-order valence-corrected chi connectivity index (χ1v) is 5.10. The number of rotatable bonds is 1. The topological polar surface area (TPSA) is 35.8 Å². The van der Waals surface area contributed by atoms with Gasteiger partial charge in [-0.25, -0.2) is 0 Å². The fourth-order valence-electron chi connectivity index (χ4n) is 1.57. The zero-order valence-corrected chi connectivity index (χ0v) is 8.86. The van der Waals surface area contributed by atoms with Gasteiger partial charge in [-0.15, -0.1) is 0 Å². The minimum atomic E-state index is 0.217. The third-order valence-corrected chi connectivity index (χ3v) is 2.92. The van der Waals surface area contributed by atoms with Crippen molar-refractivity contribution in [3.05, 3.63) is 33.3 Å². The molecule has 1 aromatic carbocycles. The summed E-state index contributed by atoms with van der Waals surface area (Å²) in [6.07, 6.45) is 1.02. The van der Waals surface area contributed by atoms with Gasteiger partial charge in [-0.2, -0.15) is 5.26 Å². The van der Waals surface area contributed by atoms with Crippen LogP contribution in [-0.4, -0.2) is 6.54 Å². The molecule has 72 valence electrons. The summed E-state index contributed by atoms with van der Waals surface area (Å²) in [7, 11) is 0. The van der Waals surface area contributed by atoms with Crippen LogP contribution in [0.4, 0.5) is 0 Å². The summed E-state index contributed by atoms with van der Waals surface area (Å²) in [4.78, 5) is 0. The Hall–Kier alpha value is -0.750. The molecule has 0 saturated carbocycles. The molecule has 1 heterocycles. The molecular formula is C10H8Cl2N2. The Morgan fingerprint density at radius 1 is 1.43 bits per heavy atom. The molecule has 1 aliphatic heterocycles. The molecule has 14 heavy (non-hydrogen) atoms. The minimum Gasteiger partial charge on any atom is -0.310 e. The van der Waals surface area contributed by atoms with Gasteiger partial charge in [0.25, 0.3) is 0 Å². The van der Waals surface area contributed by atoms with E-state index in [0.29, 0.717) is 15.6 Å². The van der Waals surface area contributed by atoms with Crippen LogP contribution < -0.4 is 5.32 Å². The lowest BCUT2D eigenvalue weighted by Gasteiger charge is -2.29. The highest BCUT2D eigenvalue weighted by Crippen LogP contribution is 2.34.